The number of nitro groups is 1. The fourth-order valence-electron chi connectivity index (χ4n) is 1.08. The average Bonchev–Trinajstić information content (AvgIpc) is 2.16. The third-order valence-corrected chi connectivity index (χ3v) is 1.73. The van der Waals surface area contributed by atoms with Crippen molar-refractivity contribution in [2.24, 2.45) is 0 Å². The number of hydrogen-bond acceptors (Lipinski definition) is 6. The van der Waals surface area contributed by atoms with Crippen LogP contribution < -0.4 is 10.2 Å². The molecule has 0 aliphatic heterocycles. The number of rotatable bonds is 3. The zero-order valence-corrected chi connectivity index (χ0v) is 8.28. The molecule has 0 fully saturated rings. The highest BCUT2D eigenvalue weighted by atomic mass is 16.6. The van der Waals surface area contributed by atoms with Crippen LogP contribution in [-0.2, 0) is 4.79 Å². The summed E-state index contributed by atoms with van der Waals surface area (Å²) in [5.41, 5.74) is -0.552. The summed E-state index contributed by atoms with van der Waals surface area (Å²) in [6, 6.07) is 3.28. The molecule has 0 amide bonds. The summed E-state index contributed by atoms with van der Waals surface area (Å²) in [5.74, 6) is -0.928. The summed E-state index contributed by atoms with van der Waals surface area (Å²) in [6.07, 6.45) is 0. The number of ether oxygens (including phenoxy) is 1. The van der Waals surface area contributed by atoms with Crippen molar-refractivity contribution in [3.63, 3.8) is 0 Å². The Labute approximate surface area is 90.6 Å². The van der Waals surface area contributed by atoms with Crippen molar-refractivity contribution in [3.8, 4) is 5.75 Å². The van der Waals surface area contributed by atoms with E-state index in [9.17, 15) is 14.9 Å². The zero-order valence-electron chi connectivity index (χ0n) is 8.28. The molecule has 7 nitrogen and oxygen atoms in total. The van der Waals surface area contributed by atoms with Crippen LogP contribution in [0.2, 0.25) is 0 Å². The lowest BCUT2D eigenvalue weighted by atomic mass is 9.80. The molecule has 1 rings (SSSR count). The van der Waals surface area contributed by atoms with E-state index in [1.54, 1.807) is 0 Å². The molecule has 0 aromatic heterocycles. The van der Waals surface area contributed by atoms with Crippen molar-refractivity contribution >= 4 is 24.2 Å². The number of nitro benzene ring substituents is 1. The summed E-state index contributed by atoms with van der Waals surface area (Å²) in [6.45, 7) is 1.11. The minimum atomic E-state index is -1.81. The maximum atomic E-state index is 10.7. The third-order valence-electron chi connectivity index (χ3n) is 1.73. The summed E-state index contributed by atoms with van der Waals surface area (Å²) in [5, 5.41) is 28.3. The topological polar surface area (TPSA) is 110 Å². The van der Waals surface area contributed by atoms with Gasteiger partial charge in [-0.2, -0.15) is 0 Å². The average molecular weight is 225 g/mol. The molecular formula is C8H8BNO6. The highest BCUT2D eigenvalue weighted by Gasteiger charge is 2.21. The van der Waals surface area contributed by atoms with E-state index in [4.69, 9.17) is 10.0 Å². The number of hydrogen-bond donors (Lipinski definition) is 2. The Bertz CT molecular complexity index is 433. The molecule has 0 aliphatic rings. The first kappa shape index (κ1) is 12.1. The van der Waals surface area contributed by atoms with Gasteiger partial charge in [0, 0.05) is 13.0 Å². The van der Waals surface area contributed by atoms with Crippen LogP contribution in [0, 0.1) is 10.1 Å². The van der Waals surface area contributed by atoms with Gasteiger partial charge in [0.25, 0.3) is 0 Å². The van der Waals surface area contributed by atoms with E-state index >= 15 is 0 Å². The van der Waals surface area contributed by atoms with Gasteiger partial charge in [0.05, 0.1) is 4.92 Å². The maximum absolute atomic E-state index is 10.7. The quantitative estimate of drug-likeness (QED) is 0.229. The second-order valence-electron chi connectivity index (χ2n) is 2.95. The van der Waals surface area contributed by atoms with Gasteiger partial charge in [-0.25, -0.2) is 0 Å². The fraction of sp³-hybridized carbons (Fsp3) is 0.125. The van der Waals surface area contributed by atoms with E-state index in [2.05, 4.69) is 4.74 Å². The van der Waals surface area contributed by atoms with Gasteiger partial charge in [-0.3, -0.25) is 14.9 Å². The van der Waals surface area contributed by atoms with Gasteiger partial charge in [-0.15, -0.1) is 0 Å². The van der Waals surface area contributed by atoms with E-state index in [0.717, 1.165) is 19.1 Å². The highest BCUT2D eigenvalue weighted by molar-refractivity contribution is 6.58. The van der Waals surface area contributed by atoms with Crippen LogP contribution in [0.15, 0.2) is 18.2 Å². The van der Waals surface area contributed by atoms with Crippen LogP contribution in [0.4, 0.5) is 5.69 Å². The lowest BCUT2D eigenvalue weighted by Crippen LogP contribution is -2.29. The minimum Gasteiger partial charge on any atom is -0.423 e. The molecule has 0 saturated heterocycles. The van der Waals surface area contributed by atoms with Crippen LogP contribution in [-0.4, -0.2) is 28.1 Å². The minimum absolute atomic E-state index is 0.0531. The van der Waals surface area contributed by atoms with Crippen molar-refractivity contribution in [2.45, 2.75) is 6.92 Å². The second-order valence-corrected chi connectivity index (χ2v) is 2.95. The molecule has 1 aromatic rings. The molecule has 16 heavy (non-hydrogen) atoms. The first-order valence-electron chi connectivity index (χ1n) is 4.24. The van der Waals surface area contributed by atoms with Gasteiger partial charge < -0.3 is 14.8 Å². The van der Waals surface area contributed by atoms with Gasteiger partial charge in [-0.05, 0) is 11.5 Å². The Balaban J connectivity index is 3.19. The Hall–Kier alpha value is -1.93. The summed E-state index contributed by atoms with van der Waals surface area (Å²) in [7, 11) is -1.81. The largest absolute Gasteiger partial charge is 0.488 e. The monoisotopic (exact) mass is 225 g/mol. The Kier molecular flexibility index (Phi) is 3.59. The summed E-state index contributed by atoms with van der Waals surface area (Å²) in [4.78, 5) is 20.5. The Morgan fingerprint density at radius 3 is 2.56 bits per heavy atom. The van der Waals surface area contributed by atoms with Crippen LogP contribution in [0.5, 0.6) is 5.75 Å². The molecule has 0 aliphatic carbocycles. The van der Waals surface area contributed by atoms with E-state index in [0.29, 0.717) is 0 Å². The van der Waals surface area contributed by atoms with E-state index in [1.807, 2.05) is 0 Å². The molecule has 0 heterocycles. The van der Waals surface area contributed by atoms with E-state index in [1.165, 1.54) is 6.07 Å². The molecule has 0 atom stereocenters. The number of esters is 1. The fourth-order valence-corrected chi connectivity index (χ4v) is 1.08. The van der Waals surface area contributed by atoms with Gasteiger partial charge in [0.2, 0.25) is 5.75 Å². The zero-order chi connectivity index (χ0) is 12.3. The molecule has 0 radical (unpaired) electrons. The molecule has 8 heteroatoms. The first-order chi connectivity index (χ1) is 7.41. The van der Waals surface area contributed by atoms with Crippen molar-refractivity contribution in [3.05, 3.63) is 28.3 Å². The molecule has 1 aromatic carbocycles. The van der Waals surface area contributed by atoms with Crippen molar-refractivity contribution in [1.29, 1.82) is 0 Å². The second kappa shape index (κ2) is 4.73. The molecule has 0 bridgehead atoms. The van der Waals surface area contributed by atoms with Crippen LogP contribution >= 0.6 is 0 Å². The number of carbonyl (C=O) groups is 1. The molecule has 0 saturated carbocycles. The van der Waals surface area contributed by atoms with Gasteiger partial charge in [0.15, 0.2) is 0 Å². The molecular weight excluding hydrogens is 217 g/mol. The molecule has 84 valence electrons. The summed E-state index contributed by atoms with van der Waals surface area (Å²) < 4.78 is 4.60. The van der Waals surface area contributed by atoms with Crippen molar-refractivity contribution in [2.75, 3.05) is 0 Å². The number of carbonyl (C=O) groups excluding carboxylic acids is 1. The van der Waals surface area contributed by atoms with Gasteiger partial charge in [-0.1, -0.05) is 6.07 Å². The molecule has 2 N–H and O–H groups in total. The van der Waals surface area contributed by atoms with Crippen molar-refractivity contribution < 1.29 is 24.5 Å². The normalized spacial score (nSPS) is 9.69. The summed E-state index contributed by atoms with van der Waals surface area (Å²) >= 11 is 0. The predicted molar refractivity (Wildman–Crippen MR) is 54.2 cm³/mol. The Morgan fingerprint density at radius 1 is 1.50 bits per heavy atom. The van der Waals surface area contributed by atoms with Crippen LogP contribution in [0.3, 0.4) is 0 Å². The van der Waals surface area contributed by atoms with Crippen molar-refractivity contribution in [1.82, 2.24) is 0 Å². The van der Waals surface area contributed by atoms with Gasteiger partial charge in [0.1, 0.15) is 0 Å². The number of nitrogens with zero attached hydrogens (tertiary/aromatic N) is 1. The standard InChI is InChI=1S/C8H8BNO6/c1-5(11)16-8-3-2-6(9(12)13)4-7(8)10(14)15/h2-4,12-13H,1H3. The van der Waals surface area contributed by atoms with Crippen LogP contribution in [0.25, 0.3) is 0 Å². The highest BCUT2D eigenvalue weighted by Crippen LogP contribution is 2.25. The van der Waals surface area contributed by atoms with Gasteiger partial charge >= 0.3 is 18.8 Å². The maximum Gasteiger partial charge on any atom is 0.488 e. The number of benzene rings is 1. The lowest BCUT2D eigenvalue weighted by Gasteiger charge is -2.04. The van der Waals surface area contributed by atoms with E-state index < -0.39 is 23.7 Å². The van der Waals surface area contributed by atoms with Crippen LogP contribution in [0.1, 0.15) is 6.92 Å². The smallest absolute Gasteiger partial charge is 0.423 e. The molecule has 0 spiro atoms. The lowest BCUT2D eigenvalue weighted by molar-refractivity contribution is -0.385. The SMILES string of the molecule is CC(=O)Oc1ccc(B(O)O)cc1[N+](=O)[O-]. The third kappa shape index (κ3) is 2.78. The predicted octanol–water partition coefficient (Wildman–Crippen LogP) is -0.800. The first-order valence-corrected chi connectivity index (χ1v) is 4.24. The Morgan fingerprint density at radius 2 is 2.12 bits per heavy atom. The molecule has 0 unspecified atom stereocenters. The van der Waals surface area contributed by atoms with E-state index in [-0.39, 0.29) is 11.2 Å².